The Morgan fingerprint density at radius 1 is 1.30 bits per heavy atom. The second kappa shape index (κ2) is 4.92. The first-order valence-electron chi connectivity index (χ1n) is 6.71. The van der Waals surface area contributed by atoms with Gasteiger partial charge in [-0.15, -0.1) is 0 Å². The molecule has 1 atom stereocenters. The maximum Gasteiger partial charge on any atom is 0.273 e. The van der Waals surface area contributed by atoms with Gasteiger partial charge in [0, 0.05) is 30.2 Å². The lowest BCUT2D eigenvalue weighted by Crippen LogP contribution is -2.09. The molecule has 0 amide bonds. The number of aromatic amines is 1. The van der Waals surface area contributed by atoms with Crippen molar-refractivity contribution < 1.29 is 0 Å². The van der Waals surface area contributed by atoms with E-state index in [0.717, 1.165) is 17.5 Å². The first-order chi connectivity index (χ1) is 9.70. The van der Waals surface area contributed by atoms with Crippen LogP contribution in [-0.2, 0) is 0 Å². The van der Waals surface area contributed by atoms with Crippen molar-refractivity contribution in [2.24, 2.45) is 0 Å². The van der Waals surface area contributed by atoms with Crippen molar-refractivity contribution in [3.05, 3.63) is 47.1 Å². The number of H-pyrrole nitrogens is 1. The predicted octanol–water partition coefficient (Wildman–Crippen LogP) is 2.76. The van der Waals surface area contributed by atoms with Gasteiger partial charge in [0.1, 0.15) is 0 Å². The number of nitrogens with one attached hydrogen (secondary N) is 1. The average molecular weight is 268 g/mol. The molecule has 0 aromatic carbocycles. The number of hydrogen-bond donors (Lipinski definition) is 1. The van der Waals surface area contributed by atoms with E-state index in [2.05, 4.69) is 28.9 Å². The van der Waals surface area contributed by atoms with Crippen LogP contribution in [0.1, 0.15) is 26.3 Å². The van der Waals surface area contributed by atoms with Crippen molar-refractivity contribution in [2.75, 3.05) is 0 Å². The summed E-state index contributed by atoms with van der Waals surface area (Å²) in [5.74, 6) is 0. The molecule has 5 nitrogen and oxygen atoms in total. The van der Waals surface area contributed by atoms with Crippen LogP contribution in [0.5, 0.6) is 0 Å². The van der Waals surface area contributed by atoms with Crippen molar-refractivity contribution in [1.82, 2.24) is 19.7 Å². The zero-order valence-corrected chi connectivity index (χ0v) is 11.5. The van der Waals surface area contributed by atoms with Gasteiger partial charge in [0.2, 0.25) is 0 Å². The molecule has 0 radical (unpaired) electrons. The van der Waals surface area contributed by atoms with Crippen molar-refractivity contribution >= 4 is 11.0 Å². The second-order valence-electron chi connectivity index (χ2n) is 4.90. The molecule has 0 aliphatic heterocycles. The van der Waals surface area contributed by atoms with E-state index in [1.165, 1.54) is 0 Å². The number of aromatic nitrogens is 4. The van der Waals surface area contributed by atoms with Crippen LogP contribution in [0.25, 0.3) is 22.2 Å². The minimum absolute atomic E-state index is 0.0938. The van der Waals surface area contributed by atoms with Crippen molar-refractivity contribution in [3.8, 4) is 11.1 Å². The normalized spacial score (nSPS) is 12.7. The molecule has 3 aromatic rings. The van der Waals surface area contributed by atoms with Gasteiger partial charge in [0.15, 0.2) is 5.65 Å². The molecular formula is C15H16N4O. The van der Waals surface area contributed by atoms with E-state index in [0.29, 0.717) is 11.0 Å². The third kappa shape index (κ3) is 2.01. The fourth-order valence-corrected chi connectivity index (χ4v) is 2.24. The first kappa shape index (κ1) is 12.6. The van der Waals surface area contributed by atoms with Gasteiger partial charge in [-0.05, 0) is 37.1 Å². The number of hydrogen-bond acceptors (Lipinski definition) is 3. The second-order valence-corrected chi connectivity index (χ2v) is 4.90. The number of pyridine rings is 2. The summed E-state index contributed by atoms with van der Waals surface area (Å²) < 4.78 is 1.84. The maximum atomic E-state index is 12.1. The Morgan fingerprint density at radius 2 is 2.05 bits per heavy atom. The summed E-state index contributed by atoms with van der Waals surface area (Å²) in [4.78, 5) is 20.5. The van der Waals surface area contributed by atoms with Gasteiger partial charge in [-0.2, -0.15) is 0 Å². The Bertz CT molecular complexity index is 788. The monoisotopic (exact) mass is 268 g/mol. The largest absolute Gasteiger partial charge is 0.273 e. The molecule has 1 N–H and O–H groups in total. The molecule has 0 saturated heterocycles. The van der Waals surface area contributed by atoms with E-state index in [1.807, 2.05) is 22.9 Å². The third-order valence-corrected chi connectivity index (χ3v) is 3.61. The average Bonchev–Trinajstić information content (AvgIpc) is 2.84. The molecule has 3 heterocycles. The summed E-state index contributed by atoms with van der Waals surface area (Å²) in [7, 11) is 0. The van der Waals surface area contributed by atoms with E-state index in [4.69, 9.17) is 0 Å². The molecule has 102 valence electrons. The summed E-state index contributed by atoms with van der Waals surface area (Å²) in [5, 5.41) is 3.49. The molecule has 0 aliphatic carbocycles. The zero-order valence-electron chi connectivity index (χ0n) is 11.5. The van der Waals surface area contributed by atoms with E-state index in [9.17, 15) is 4.79 Å². The molecule has 5 heteroatoms. The molecule has 0 saturated carbocycles. The molecule has 0 fully saturated rings. The predicted molar refractivity (Wildman–Crippen MR) is 78.6 cm³/mol. The van der Waals surface area contributed by atoms with Gasteiger partial charge < -0.3 is 0 Å². The molecule has 20 heavy (non-hydrogen) atoms. The highest BCUT2D eigenvalue weighted by Gasteiger charge is 2.12. The maximum absolute atomic E-state index is 12.1. The van der Waals surface area contributed by atoms with Crippen LogP contribution in [0.15, 0.2) is 41.6 Å². The number of fused-ring (bicyclic) bond motifs is 1. The van der Waals surface area contributed by atoms with Crippen LogP contribution in [0, 0.1) is 0 Å². The Balaban J connectivity index is 2.18. The molecule has 0 bridgehead atoms. The minimum Gasteiger partial charge on any atom is -0.267 e. The highest BCUT2D eigenvalue weighted by molar-refractivity contribution is 5.80. The first-order valence-corrected chi connectivity index (χ1v) is 6.71. The van der Waals surface area contributed by atoms with Crippen LogP contribution in [0.4, 0.5) is 0 Å². The summed E-state index contributed by atoms with van der Waals surface area (Å²) in [6.07, 6.45) is 6.19. The third-order valence-electron chi connectivity index (χ3n) is 3.61. The number of rotatable bonds is 3. The Hall–Kier alpha value is -2.43. The zero-order chi connectivity index (χ0) is 14.1. The highest BCUT2D eigenvalue weighted by atomic mass is 16.1. The highest BCUT2D eigenvalue weighted by Crippen LogP contribution is 2.22. The molecule has 3 rings (SSSR count). The van der Waals surface area contributed by atoms with E-state index in [1.54, 1.807) is 18.6 Å². The van der Waals surface area contributed by atoms with Crippen molar-refractivity contribution in [2.45, 2.75) is 26.3 Å². The molecule has 0 aliphatic rings. The fourth-order valence-electron chi connectivity index (χ4n) is 2.24. The standard InChI is InChI=1S/C15H16N4O/c1-3-10(2)19-14-13(15(20)18-19)8-12(9-17-14)11-4-6-16-7-5-11/h4-10H,3H2,1-2H3,(H,18,20). The van der Waals surface area contributed by atoms with Crippen LogP contribution >= 0.6 is 0 Å². The van der Waals surface area contributed by atoms with Crippen LogP contribution in [0.2, 0.25) is 0 Å². The lowest BCUT2D eigenvalue weighted by Gasteiger charge is -2.10. The fraction of sp³-hybridized carbons (Fsp3) is 0.267. The quantitative estimate of drug-likeness (QED) is 0.794. The summed E-state index contributed by atoms with van der Waals surface area (Å²) in [6.45, 7) is 4.15. The van der Waals surface area contributed by atoms with E-state index >= 15 is 0 Å². The molecule has 3 aromatic heterocycles. The van der Waals surface area contributed by atoms with Gasteiger partial charge in [-0.1, -0.05) is 6.92 Å². The van der Waals surface area contributed by atoms with Crippen LogP contribution in [-0.4, -0.2) is 19.7 Å². The van der Waals surface area contributed by atoms with Gasteiger partial charge in [0.05, 0.1) is 5.39 Å². The van der Waals surface area contributed by atoms with Gasteiger partial charge in [0.25, 0.3) is 5.56 Å². The smallest absolute Gasteiger partial charge is 0.267 e. The van der Waals surface area contributed by atoms with E-state index < -0.39 is 0 Å². The topological polar surface area (TPSA) is 63.6 Å². The molecule has 0 spiro atoms. The number of nitrogens with zero attached hydrogens (tertiary/aromatic N) is 3. The van der Waals surface area contributed by atoms with Crippen LogP contribution in [0.3, 0.4) is 0 Å². The Labute approximate surface area is 116 Å². The van der Waals surface area contributed by atoms with Gasteiger partial charge in [-0.3, -0.25) is 19.6 Å². The lowest BCUT2D eigenvalue weighted by atomic mass is 10.1. The Morgan fingerprint density at radius 3 is 2.75 bits per heavy atom. The lowest BCUT2D eigenvalue weighted by molar-refractivity contribution is 0.486. The summed E-state index contributed by atoms with van der Waals surface area (Å²) in [5.41, 5.74) is 2.54. The van der Waals surface area contributed by atoms with Crippen LogP contribution < -0.4 is 5.56 Å². The summed E-state index contributed by atoms with van der Waals surface area (Å²) >= 11 is 0. The van der Waals surface area contributed by atoms with Crippen molar-refractivity contribution in [3.63, 3.8) is 0 Å². The SMILES string of the molecule is CCC(C)n1[nH]c(=O)c2cc(-c3ccncc3)cnc21. The summed E-state index contributed by atoms with van der Waals surface area (Å²) in [6, 6.07) is 5.92. The van der Waals surface area contributed by atoms with Crippen molar-refractivity contribution in [1.29, 1.82) is 0 Å². The van der Waals surface area contributed by atoms with Gasteiger partial charge >= 0.3 is 0 Å². The minimum atomic E-state index is -0.0938. The van der Waals surface area contributed by atoms with Gasteiger partial charge in [-0.25, -0.2) is 4.98 Å². The Kier molecular flexibility index (Phi) is 3.10. The molecular weight excluding hydrogens is 252 g/mol. The van der Waals surface area contributed by atoms with E-state index in [-0.39, 0.29) is 11.6 Å². The molecule has 1 unspecified atom stereocenters.